The number of benzene rings is 1. The first-order chi connectivity index (χ1) is 7.22. The molecule has 1 heterocycles. The summed E-state index contributed by atoms with van der Waals surface area (Å²) >= 11 is 0. The van der Waals surface area contributed by atoms with E-state index in [0.717, 1.165) is 0 Å². The Morgan fingerprint density at radius 2 is 2.27 bits per heavy atom. The topological polar surface area (TPSA) is 61.3 Å². The third-order valence-electron chi connectivity index (χ3n) is 1.97. The Balaban J connectivity index is 2.60. The number of oxazole rings is 1. The summed E-state index contributed by atoms with van der Waals surface area (Å²) in [6, 6.07) is 4.52. The Morgan fingerprint density at radius 1 is 1.47 bits per heavy atom. The molecule has 0 aliphatic rings. The Labute approximate surface area is 85.5 Å². The predicted octanol–water partition coefficient (Wildman–Crippen LogP) is 2.07. The summed E-state index contributed by atoms with van der Waals surface area (Å²) in [6.45, 7) is 0. The van der Waals surface area contributed by atoms with Crippen molar-refractivity contribution in [3.63, 3.8) is 0 Å². The van der Waals surface area contributed by atoms with Crippen LogP contribution < -0.4 is 10.5 Å². The van der Waals surface area contributed by atoms with Crippen LogP contribution >= 0.6 is 0 Å². The molecule has 2 aromatic rings. The normalized spacial score (nSPS) is 10.3. The third kappa shape index (κ3) is 1.63. The van der Waals surface area contributed by atoms with Gasteiger partial charge in [0.25, 0.3) is 6.01 Å². The van der Waals surface area contributed by atoms with Crippen LogP contribution in [0.4, 0.5) is 10.4 Å². The van der Waals surface area contributed by atoms with E-state index in [9.17, 15) is 4.39 Å². The maximum absolute atomic E-state index is 13.5. The van der Waals surface area contributed by atoms with Crippen molar-refractivity contribution in [1.29, 1.82) is 0 Å². The van der Waals surface area contributed by atoms with E-state index in [-0.39, 0.29) is 11.6 Å². The lowest BCUT2D eigenvalue weighted by atomic mass is 10.1. The number of rotatable bonds is 2. The van der Waals surface area contributed by atoms with Crippen molar-refractivity contribution in [1.82, 2.24) is 4.98 Å². The molecule has 5 heteroatoms. The molecule has 4 nitrogen and oxygen atoms in total. The van der Waals surface area contributed by atoms with Crippen molar-refractivity contribution >= 4 is 6.01 Å². The summed E-state index contributed by atoms with van der Waals surface area (Å²) in [5.74, 6) is -0.0362. The number of methoxy groups -OCH3 is 1. The lowest BCUT2D eigenvalue weighted by Crippen LogP contribution is -1.92. The van der Waals surface area contributed by atoms with Crippen molar-refractivity contribution in [2.75, 3.05) is 12.8 Å². The second-order valence-corrected chi connectivity index (χ2v) is 2.89. The van der Waals surface area contributed by atoms with Gasteiger partial charge >= 0.3 is 0 Å². The number of halogens is 1. The van der Waals surface area contributed by atoms with E-state index >= 15 is 0 Å². The Morgan fingerprint density at radius 3 is 2.87 bits per heavy atom. The minimum atomic E-state index is -0.428. The van der Waals surface area contributed by atoms with Crippen LogP contribution in [0.1, 0.15) is 0 Å². The first kappa shape index (κ1) is 9.51. The van der Waals surface area contributed by atoms with Gasteiger partial charge in [-0.05, 0) is 12.1 Å². The van der Waals surface area contributed by atoms with Crippen molar-refractivity contribution in [3.05, 3.63) is 30.3 Å². The highest BCUT2D eigenvalue weighted by Gasteiger charge is 2.14. The number of hydrogen-bond donors (Lipinski definition) is 1. The molecule has 0 aliphatic carbocycles. The Bertz CT molecular complexity index is 482. The molecule has 0 radical (unpaired) electrons. The van der Waals surface area contributed by atoms with Crippen LogP contribution in [-0.4, -0.2) is 12.1 Å². The average Bonchev–Trinajstić information content (AvgIpc) is 2.64. The monoisotopic (exact) mass is 208 g/mol. The highest BCUT2D eigenvalue weighted by molar-refractivity contribution is 5.67. The lowest BCUT2D eigenvalue weighted by molar-refractivity contribution is 0.413. The molecule has 0 bridgehead atoms. The van der Waals surface area contributed by atoms with Gasteiger partial charge in [0.05, 0.1) is 12.7 Å². The van der Waals surface area contributed by atoms with E-state index in [1.165, 1.54) is 19.4 Å². The molecule has 1 aromatic carbocycles. The highest BCUT2D eigenvalue weighted by atomic mass is 19.1. The summed E-state index contributed by atoms with van der Waals surface area (Å²) in [7, 11) is 1.46. The highest BCUT2D eigenvalue weighted by Crippen LogP contribution is 2.31. The first-order valence-corrected chi connectivity index (χ1v) is 4.26. The molecule has 0 atom stereocenters. The molecular weight excluding hydrogens is 199 g/mol. The van der Waals surface area contributed by atoms with Crippen LogP contribution in [0, 0.1) is 5.82 Å². The van der Waals surface area contributed by atoms with E-state index in [4.69, 9.17) is 14.9 Å². The maximum Gasteiger partial charge on any atom is 0.292 e. The van der Waals surface area contributed by atoms with Crippen LogP contribution in [0.5, 0.6) is 5.75 Å². The zero-order valence-corrected chi connectivity index (χ0v) is 8.03. The van der Waals surface area contributed by atoms with Crippen LogP contribution in [-0.2, 0) is 0 Å². The van der Waals surface area contributed by atoms with E-state index in [2.05, 4.69) is 4.98 Å². The molecule has 0 spiro atoms. The number of nitrogen functional groups attached to an aromatic ring is 1. The zero-order chi connectivity index (χ0) is 10.8. The second kappa shape index (κ2) is 3.61. The number of aromatic nitrogens is 1. The predicted molar refractivity (Wildman–Crippen MR) is 52.9 cm³/mol. The summed E-state index contributed by atoms with van der Waals surface area (Å²) < 4.78 is 23.4. The molecular formula is C10H9FN2O2. The standard InChI is InChI=1S/C10H9FN2O2/c1-14-8-4-2-3-6(11)9(8)7-5-15-10(12)13-7/h2-5H,1H3,(H2,12,13). The van der Waals surface area contributed by atoms with Crippen molar-refractivity contribution < 1.29 is 13.5 Å². The molecule has 0 aliphatic heterocycles. The first-order valence-electron chi connectivity index (χ1n) is 4.26. The third-order valence-corrected chi connectivity index (χ3v) is 1.97. The smallest absolute Gasteiger partial charge is 0.292 e. The van der Waals surface area contributed by atoms with Gasteiger partial charge in [-0.1, -0.05) is 6.07 Å². The van der Waals surface area contributed by atoms with Gasteiger partial charge in [0.15, 0.2) is 0 Å². The van der Waals surface area contributed by atoms with Gasteiger partial charge in [-0.3, -0.25) is 0 Å². The number of hydrogen-bond acceptors (Lipinski definition) is 4. The molecule has 78 valence electrons. The minimum absolute atomic E-state index is 0.00435. The largest absolute Gasteiger partial charge is 0.496 e. The number of nitrogens with two attached hydrogens (primary N) is 1. The van der Waals surface area contributed by atoms with Crippen molar-refractivity contribution in [2.24, 2.45) is 0 Å². The summed E-state index contributed by atoms with van der Waals surface area (Å²) in [5.41, 5.74) is 5.89. The fourth-order valence-corrected chi connectivity index (χ4v) is 1.33. The zero-order valence-electron chi connectivity index (χ0n) is 8.03. The molecule has 1 aromatic heterocycles. The van der Waals surface area contributed by atoms with Crippen LogP contribution in [0.15, 0.2) is 28.9 Å². The SMILES string of the molecule is COc1cccc(F)c1-c1coc(N)n1. The van der Waals surface area contributed by atoms with Crippen molar-refractivity contribution in [3.8, 4) is 17.0 Å². The molecule has 0 unspecified atom stereocenters. The van der Waals surface area contributed by atoms with E-state index in [0.29, 0.717) is 11.4 Å². The number of nitrogens with zero attached hydrogens (tertiary/aromatic N) is 1. The molecule has 15 heavy (non-hydrogen) atoms. The number of anilines is 1. The van der Waals surface area contributed by atoms with Gasteiger partial charge in [0, 0.05) is 0 Å². The fraction of sp³-hybridized carbons (Fsp3) is 0.100. The van der Waals surface area contributed by atoms with Crippen LogP contribution in [0.3, 0.4) is 0 Å². The maximum atomic E-state index is 13.5. The fourth-order valence-electron chi connectivity index (χ4n) is 1.33. The lowest BCUT2D eigenvalue weighted by Gasteiger charge is -2.05. The molecule has 2 rings (SSSR count). The summed E-state index contributed by atoms with van der Waals surface area (Å²) in [6.07, 6.45) is 1.29. The van der Waals surface area contributed by atoms with Crippen molar-refractivity contribution in [2.45, 2.75) is 0 Å². The van der Waals surface area contributed by atoms with E-state index < -0.39 is 5.82 Å². The number of ether oxygens (including phenoxy) is 1. The van der Waals surface area contributed by atoms with Gasteiger partial charge < -0.3 is 14.9 Å². The second-order valence-electron chi connectivity index (χ2n) is 2.89. The van der Waals surface area contributed by atoms with Crippen LogP contribution in [0.25, 0.3) is 11.3 Å². The molecule has 0 amide bonds. The molecule has 2 N–H and O–H groups in total. The molecule has 0 fully saturated rings. The van der Waals surface area contributed by atoms with Gasteiger partial charge in [0.1, 0.15) is 23.5 Å². The van der Waals surface area contributed by atoms with E-state index in [1.54, 1.807) is 12.1 Å². The van der Waals surface area contributed by atoms with E-state index in [1.807, 2.05) is 0 Å². The Kier molecular flexibility index (Phi) is 2.29. The van der Waals surface area contributed by atoms with Crippen LogP contribution in [0.2, 0.25) is 0 Å². The van der Waals surface area contributed by atoms with Gasteiger partial charge in [-0.2, -0.15) is 4.98 Å². The van der Waals surface area contributed by atoms with Gasteiger partial charge in [0.2, 0.25) is 0 Å². The Hall–Kier alpha value is -2.04. The quantitative estimate of drug-likeness (QED) is 0.820. The van der Waals surface area contributed by atoms with Gasteiger partial charge in [-0.25, -0.2) is 4.39 Å². The summed E-state index contributed by atoms with van der Waals surface area (Å²) in [5, 5.41) is 0. The van der Waals surface area contributed by atoms with Gasteiger partial charge in [-0.15, -0.1) is 0 Å². The minimum Gasteiger partial charge on any atom is -0.496 e. The molecule has 0 saturated heterocycles. The average molecular weight is 208 g/mol. The summed E-state index contributed by atoms with van der Waals surface area (Å²) in [4.78, 5) is 3.84. The molecule has 0 saturated carbocycles.